The number of anilines is 1. The van der Waals surface area contributed by atoms with E-state index in [1.54, 1.807) is 0 Å². The maximum absolute atomic E-state index is 11.4. The molecule has 16 heavy (non-hydrogen) atoms. The Labute approximate surface area is 96.1 Å². The maximum atomic E-state index is 11.4. The van der Waals surface area contributed by atoms with Crippen LogP contribution in [0, 0.1) is 0 Å². The summed E-state index contributed by atoms with van der Waals surface area (Å²) in [5.74, 6) is -1.07. The number of nitrogens with two attached hydrogens (primary N) is 1. The highest BCUT2D eigenvalue weighted by Gasteiger charge is 2.21. The minimum absolute atomic E-state index is 0.182. The van der Waals surface area contributed by atoms with Crippen LogP contribution in [0.2, 0.25) is 0 Å². The first-order valence-corrected chi connectivity index (χ1v) is 6.65. The molecule has 0 amide bonds. The zero-order valence-corrected chi connectivity index (χ0v) is 10.1. The molecule has 0 fully saturated rings. The number of thiazole rings is 1. The summed E-state index contributed by atoms with van der Waals surface area (Å²) in [4.78, 5) is 18.8. The number of nitrogen functional groups attached to an aromatic ring is 1. The van der Waals surface area contributed by atoms with Crippen molar-refractivity contribution in [1.29, 1.82) is 0 Å². The van der Waals surface area contributed by atoms with Crippen LogP contribution in [0.4, 0.5) is 5.13 Å². The zero-order valence-electron chi connectivity index (χ0n) is 8.50. The molecule has 1 rings (SSSR count). The largest absolute Gasteiger partial charge is 0.375 e. The van der Waals surface area contributed by atoms with Crippen molar-refractivity contribution >= 4 is 38.3 Å². The van der Waals surface area contributed by atoms with Crippen LogP contribution in [0.25, 0.3) is 0 Å². The topological polar surface area (TPSA) is 112 Å². The number of aliphatic imine (C=N–C) groups is 1. The molecule has 0 aliphatic carbocycles. The highest BCUT2D eigenvalue weighted by Crippen LogP contribution is 2.12. The van der Waals surface area contributed by atoms with Crippen molar-refractivity contribution in [2.45, 2.75) is 0 Å². The SMILES string of the molecule is C/N=C(\C(=O)OS(C)(=O)=O)c1csc(N)n1. The third kappa shape index (κ3) is 3.28. The van der Waals surface area contributed by atoms with Gasteiger partial charge in [0, 0.05) is 12.4 Å². The fourth-order valence-electron chi connectivity index (χ4n) is 0.884. The summed E-state index contributed by atoms with van der Waals surface area (Å²) in [6.45, 7) is 0. The van der Waals surface area contributed by atoms with Crippen LogP contribution in [-0.2, 0) is 19.1 Å². The van der Waals surface area contributed by atoms with Gasteiger partial charge in [-0.3, -0.25) is 4.99 Å². The summed E-state index contributed by atoms with van der Waals surface area (Å²) in [7, 11) is -2.54. The average molecular weight is 263 g/mol. The molecule has 9 heteroatoms. The molecule has 0 radical (unpaired) electrons. The lowest BCUT2D eigenvalue weighted by molar-refractivity contribution is -0.126. The molecule has 0 saturated carbocycles. The van der Waals surface area contributed by atoms with Crippen molar-refractivity contribution in [1.82, 2.24) is 4.98 Å². The molecular weight excluding hydrogens is 254 g/mol. The molecule has 0 aromatic carbocycles. The second-order valence-corrected chi connectivity index (χ2v) is 5.18. The third-order valence-corrected chi connectivity index (χ3v) is 2.54. The third-order valence-electron chi connectivity index (χ3n) is 1.41. The number of aromatic nitrogens is 1. The predicted molar refractivity (Wildman–Crippen MR) is 59.9 cm³/mol. The predicted octanol–water partition coefficient (Wildman–Crippen LogP) is -0.353. The van der Waals surface area contributed by atoms with Gasteiger partial charge in [0.25, 0.3) is 0 Å². The van der Waals surface area contributed by atoms with Crippen molar-refractivity contribution in [3.05, 3.63) is 11.1 Å². The molecule has 0 saturated heterocycles. The van der Waals surface area contributed by atoms with Crippen LogP contribution >= 0.6 is 11.3 Å². The molecule has 0 aliphatic rings. The first-order chi connectivity index (χ1) is 7.33. The van der Waals surface area contributed by atoms with E-state index in [0.717, 1.165) is 17.6 Å². The Bertz CT molecular complexity index is 532. The van der Waals surface area contributed by atoms with E-state index in [0.29, 0.717) is 0 Å². The summed E-state index contributed by atoms with van der Waals surface area (Å²) in [6.07, 6.45) is 0.771. The summed E-state index contributed by atoms with van der Waals surface area (Å²) in [5, 5.41) is 1.74. The summed E-state index contributed by atoms with van der Waals surface area (Å²) in [6, 6.07) is 0. The molecule has 0 aliphatic heterocycles. The Morgan fingerprint density at radius 1 is 1.62 bits per heavy atom. The van der Waals surface area contributed by atoms with Crippen molar-refractivity contribution in [2.75, 3.05) is 19.0 Å². The quantitative estimate of drug-likeness (QED) is 0.589. The maximum Gasteiger partial charge on any atom is 0.374 e. The van der Waals surface area contributed by atoms with Gasteiger partial charge in [-0.05, 0) is 0 Å². The molecule has 0 atom stereocenters. The van der Waals surface area contributed by atoms with Crippen molar-refractivity contribution in [3.63, 3.8) is 0 Å². The number of rotatable bonds is 3. The molecule has 1 heterocycles. The van der Waals surface area contributed by atoms with E-state index in [1.807, 2.05) is 0 Å². The summed E-state index contributed by atoms with van der Waals surface area (Å²) >= 11 is 1.11. The fourth-order valence-corrected chi connectivity index (χ4v) is 1.79. The smallest absolute Gasteiger partial charge is 0.374 e. The summed E-state index contributed by atoms with van der Waals surface area (Å²) in [5.41, 5.74) is 5.39. The van der Waals surface area contributed by atoms with Gasteiger partial charge >= 0.3 is 16.1 Å². The van der Waals surface area contributed by atoms with Crippen molar-refractivity contribution < 1.29 is 17.4 Å². The number of carbonyl (C=O) groups is 1. The standard InChI is InChI=1S/C7H9N3O4S2/c1-9-5(4-3-15-7(8)10-4)6(11)14-16(2,12)13/h3H,1-2H3,(H2,8,10)/b9-5-. The Hall–Kier alpha value is -1.48. The van der Waals surface area contributed by atoms with E-state index in [1.165, 1.54) is 12.4 Å². The Balaban J connectivity index is 2.97. The molecule has 88 valence electrons. The highest BCUT2D eigenvalue weighted by atomic mass is 32.2. The Morgan fingerprint density at radius 3 is 2.62 bits per heavy atom. The molecule has 0 bridgehead atoms. The van der Waals surface area contributed by atoms with Crippen LogP contribution in [0.5, 0.6) is 0 Å². The molecule has 1 aromatic rings. The van der Waals surface area contributed by atoms with E-state index in [-0.39, 0.29) is 16.5 Å². The average Bonchev–Trinajstić information content (AvgIpc) is 2.49. The molecular formula is C7H9N3O4S2. The molecule has 0 unspecified atom stereocenters. The van der Waals surface area contributed by atoms with Gasteiger partial charge in [-0.2, -0.15) is 8.42 Å². The van der Waals surface area contributed by atoms with Crippen LogP contribution in [-0.4, -0.2) is 38.4 Å². The first kappa shape index (κ1) is 12.6. The van der Waals surface area contributed by atoms with Gasteiger partial charge in [0.15, 0.2) is 10.8 Å². The molecule has 1 aromatic heterocycles. The molecule has 7 nitrogen and oxygen atoms in total. The van der Waals surface area contributed by atoms with Gasteiger partial charge in [0.05, 0.1) is 6.26 Å². The van der Waals surface area contributed by atoms with Gasteiger partial charge in [-0.1, -0.05) is 0 Å². The Kier molecular flexibility index (Phi) is 3.60. The lowest BCUT2D eigenvalue weighted by Gasteiger charge is -2.01. The van der Waals surface area contributed by atoms with Crippen LogP contribution < -0.4 is 5.73 Å². The Morgan fingerprint density at radius 2 is 2.25 bits per heavy atom. The number of nitrogens with zero attached hydrogens (tertiary/aromatic N) is 2. The van der Waals surface area contributed by atoms with E-state index in [4.69, 9.17) is 5.73 Å². The summed E-state index contributed by atoms with van der Waals surface area (Å²) < 4.78 is 25.7. The van der Waals surface area contributed by atoms with Crippen LogP contribution in [0.1, 0.15) is 5.69 Å². The minimum Gasteiger partial charge on any atom is -0.375 e. The van der Waals surface area contributed by atoms with E-state index in [2.05, 4.69) is 14.2 Å². The van der Waals surface area contributed by atoms with E-state index < -0.39 is 16.1 Å². The minimum atomic E-state index is -3.87. The first-order valence-electron chi connectivity index (χ1n) is 3.95. The highest BCUT2D eigenvalue weighted by molar-refractivity contribution is 7.86. The number of hydrogen-bond acceptors (Lipinski definition) is 8. The van der Waals surface area contributed by atoms with Gasteiger partial charge in [-0.15, -0.1) is 11.3 Å². The second-order valence-electron chi connectivity index (χ2n) is 2.72. The number of carbonyl (C=O) groups excluding carboxylic acids is 1. The molecule has 0 spiro atoms. The zero-order chi connectivity index (χ0) is 12.3. The van der Waals surface area contributed by atoms with E-state index in [9.17, 15) is 13.2 Å². The fraction of sp³-hybridized carbons (Fsp3) is 0.286. The van der Waals surface area contributed by atoms with E-state index >= 15 is 0 Å². The lowest BCUT2D eigenvalue weighted by atomic mass is 10.3. The van der Waals surface area contributed by atoms with Gasteiger partial charge < -0.3 is 9.92 Å². The molecule has 2 N–H and O–H groups in total. The normalized spacial score (nSPS) is 12.5. The van der Waals surface area contributed by atoms with Crippen LogP contribution in [0.3, 0.4) is 0 Å². The van der Waals surface area contributed by atoms with Crippen LogP contribution in [0.15, 0.2) is 10.4 Å². The van der Waals surface area contributed by atoms with Gasteiger partial charge in [-0.25, -0.2) is 9.78 Å². The van der Waals surface area contributed by atoms with Crippen molar-refractivity contribution in [2.24, 2.45) is 4.99 Å². The number of hydrogen-bond donors (Lipinski definition) is 1. The second kappa shape index (κ2) is 4.58. The van der Waals surface area contributed by atoms with Gasteiger partial charge in [0.1, 0.15) is 5.69 Å². The monoisotopic (exact) mass is 263 g/mol. The van der Waals surface area contributed by atoms with Crippen molar-refractivity contribution in [3.8, 4) is 0 Å². The lowest BCUT2D eigenvalue weighted by Crippen LogP contribution is -2.22. The van der Waals surface area contributed by atoms with Gasteiger partial charge in [0.2, 0.25) is 0 Å².